The predicted octanol–water partition coefficient (Wildman–Crippen LogP) is 3.11. The van der Waals surface area contributed by atoms with Crippen molar-refractivity contribution >= 4 is 17.2 Å². The summed E-state index contributed by atoms with van der Waals surface area (Å²) in [5.74, 6) is 0.0989. The van der Waals surface area contributed by atoms with Gasteiger partial charge in [0.25, 0.3) is 5.91 Å². The van der Waals surface area contributed by atoms with Crippen LogP contribution in [0.5, 0.6) is 0 Å². The minimum absolute atomic E-state index is 0.0989. The Morgan fingerprint density at radius 3 is 2.62 bits per heavy atom. The van der Waals surface area contributed by atoms with Gasteiger partial charge in [-0.05, 0) is 37.3 Å². The van der Waals surface area contributed by atoms with Crippen molar-refractivity contribution in [2.45, 2.75) is 38.8 Å². The van der Waals surface area contributed by atoms with Crippen molar-refractivity contribution in [3.05, 3.63) is 51.5 Å². The van der Waals surface area contributed by atoms with Crippen molar-refractivity contribution < 1.29 is 4.79 Å². The molecular formula is C19H23N3OS. The number of rotatable bonds is 2. The number of thiazole rings is 1. The van der Waals surface area contributed by atoms with Gasteiger partial charge in [-0.2, -0.15) is 0 Å². The molecule has 0 saturated carbocycles. The molecule has 2 aliphatic heterocycles. The summed E-state index contributed by atoms with van der Waals surface area (Å²) in [6.45, 7) is 5.83. The summed E-state index contributed by atoms with van der Waals surface area (Å²) >= 11 is 1.55. The van der Waals surface area contributed by atoms with Crippen LogP contribution in [0.4, 0.5) is 0 Å². The van der Waals surface area contributed by atoms with E-state index in [1.807, 2.05) is 17.2 Å². The highest BCUT2D eigenvalue weighted by atomic mass is 32.1. The van der Waals surface area contributed by atoms with Gasteiger partial charge in [0.2, 0.25) is 0 Å². The molecule has 24 heavy (non-hydrogen) atoms. The Kier molecular flexibility index (Phi) is 4.37. The normalized spacial score (nSPS) is 19.3. The molecule has 1 amide bonds. The van der Waals surface area contributed by atoms with E-state index < -0.39 is 0 Å². The Balaban J connectivity index is 1.36. The van der Waals surface area contributed by atoms with Crippen molar-refractivity contribution in [2.24, 2.45) is 0 Å². The molecule has 1 saturated heterocycles. The van der Waals surface area contributed by atoms with Crippen LogP contribution in [0.2, 0.25) is 0 Å². The number of hydrogen-bond acceptors (Lipinski definition) is 4. The van der Waals surface area contributed by atoms with Crippen molar-refractivity contribution in [1.82, 2.24) is 14.8 Å². The van der Waals surface area contributed by atoms with E-state index in [9.17, 15) is 4.79 Å². The van der Waals surface area contributed by atoms with Gasteiger partial charge < -0.3 is 4.90 Å². The third-order valence-electron chi connectivity index (χ3n) is 5.27. The number of benzene rings is 1. The Morgan fingerprint density at radius 2 is 1.92 bits per heavy atom. The highest BCUT2D eigenvalue weighted by molar-refractivity contribution is 7.09. The zero-order valence-corrected chi connectivity index (χ0v) is 14.9. The molecular weight excluding hydrogens is 318 g/mol. The second kappa shape index (κ2) is 6.65. The average Bonchev–Trinajstić information content (AvgIpc) is 3.07. The molecule has 0 radical (unpaired) electrons. The van der Waals surface area contributed by atoms with Gasteiger partial charge in [0, 0.05) is 37.6 Å². The van der Waals surface area contributed by atoms with E-state index in [0.717, 1.165) is 50.4 Å². The lowest BCUT2D eigenvalue weighted by molar-refractivity contribution is 0.0594. The first-order valence-corrected chi connectivity index (χ1v) is 9.61. The van der Waals surface area contributed by atoms with Gasteiger partial charge in [-0.1, -0.05) is 24.3 Å². The molecule has 2 aliphatic rings. The van der Waals surface area contributed by atoms with Crippen molar-refractivity contribution in [3.8, 4) is 0 Å². The Labute approximate surface area is 147 Å². The smallest absolute Gasteiger partial charge is 0.273 e. The molecule has 0 aliphatic carbocycles. The lowest BCUT2D eigenvalue weighted by Gasteiger charge is -2.40. The van der Waals surface area contributed by atoms with E-state index in [4.69, 9.17) is 0 Å². The van der Waals surface area contributed by atoms with Crippen LogP contribution in [0.1, 0.15) is 39.5 Å². The minimum atomic E-state index is 0.0989. The third kappa shape index (κ3) is 3.10. The summed E-state index contributed by atoms with van der Waals surface area (Å²) < 4.78 is 0. The zero-order chi connectivity index (χ0) is 16.5. The molecule has 2 aromatic rings. The number of piperidine rings is 1. The molecule has 1 aromatic carbocycles. The summed E-state index contributed by atoms with van der Waals surface area (Å²) in [6.07, 6.45) is 3.28. The molecule has 5 heteroatoms. The van der Waals surface area contributed by atoms with Gasteiger partial charge in [0.15, 0.2) is 0 Å². The maximum absolute atomic E-state index is 12.5. The number of aryl methyl sites for hydroxylation is 1. The number of fused-ring (bicyclic) bond motifs is 1. The number of hydrogen-bond donors (Lipinski definition) is 0. The van der Waals surface area contributed by atoms with E-state index in [2.05, 4.69) is 34.1 Å². The summed E-state index contributed by atoms with van der Waals surface area (Å²) in [6, 6.07) is 9.38. The molecule has 0 spiro atoms. The van der Waals surface area contributed by atoms with Gasteiger partial charge in [-0.15, -0.1) is 11.3 Å². The van der Waals surface area contributed by atoms with Crippen molar-refractivity contribution in [2.75, 3.05) is 19.6 Å². The predicted molar refractivity (Wildman–Crippen MR) is 96.3 cm³/mol. The third-order valence-corrected chi connectivity index (χ3v) is 6.04. The van der Waals surface area contributed by atoms with Gasteiger partial charge >= 0.3 is 0 Å². The number of likely N-dealkylation sites (tertiary alicyclic amines) is 1. The van der Waals surface area contributed by atoms with E-state index in [-0.39, 0.29) is 5.91 Å². The van der Waals surface area contributed by atoms with Gasteiger partial charge in [-0.3, -0.25) is 9.69 Å². The molecule has 0 atom stereocenters. The second-order valence-corrected chi connectivity index (χ2v) is 7.83. The average molecular weight is 341 g/mol. The summed E-state index contributed by atoms with van der Waals surface area (Å²) in [5.41, 5.74) is 3.59. The molecule has 1 fully saturated rings. The van der Waals surface area contributed by atoms with Crippen molar-refractivity contribution in [1.29, 1.82) is 0 Å². The van der Waals surface area contributed by atoms with Crippen LogP contribution in [0.3, 0.4) is 0 Å². The maximum atomic E-state index is 12.5. The van der Waals surface area contributed by atoms with Crippen LogP contribution < -0.4 is 0 Å². The van der Waals surface area contributed by atoms with Gasteiger partial charge in [0.1, 0.15) is 5.69 Å². The van der Waals surface area contributed by atoms with E-state index in [0.29, 0.717) is 11.7 Å². The number of carbonyl (C=O) groups excluding carboxylic acids is 1. The van der Waals surface area contributed by atoms with Crippen LogP contribution in [-0.2, 0) is 13.0 Å². The van der Waals surface area contributed by atoms with Crippen LogP contribution in [0.15, 0.2) is 29.6 Å². The van der Waals surface area contributed by atoms with E-state index in [1.54, 1.807) is 11.3 Å². The largest absolute Gasteiger partial charge is 0.337 e. The molecule has 0 unspecified atom stereocenters. The van der Waals surface area contributed by atoms with Crippen LogP contribution in [-0.4, -0.2) is 46.4 Å². The fourth-order valence-corrected chi connectivity index (χ4v) is 4.47. The van der Waals surface area contributed by atoms with E-state index in [1.165, 1.54) is 11.1 Å². The fraction of sp³-hybridized carbons (Fsp3) is 0.474. The first-order chi connectivity index (χ1) is 11.7. The molecule has 126 valence electrons. The van der Waals surface area contributed by atoms with Crippen LogP contribution in [0.25, 0.3) is 0 Å². The summed E-state index contributed by atoms with van der Waals surface area (Å²) in [4.78, 5) is 21.4. The van der Waals surface area contributed by atoms with E-state index >= 15 is 0 Å². The monoisotopic (exact) mass is 341 g/mol. The van der Waals surface area contributed by atoms with Crippen LogP contribution in [0, 0.1) is 6.92 Å². The highest BCUT2D eigenvalue weighted by Gasteiger charge is 2.29. The Hall–Kier alpha value is -1.72. The molecule has 0 bridgehead atoms. The summed E-state index contributed by atoms with van der Waals surface area (Å²) in [5, 5.41) is 2.84. The molecule has 0 N–H and O–H groups in total. The molecule has 4 nitrogen and oxygen atoms in total. The standard InChI is InChI=1S/C19H23N3OS/c1-14-20-18(13-24-14)19(23)21-10-7-17(8-11-21)22-9-6-15-4-2-3-5-16(15)12-22/h2-5,13,17H,6-12H2,1H3. The first-order valence-electron chi connectivity index (χ1n) is 8.73. The van der Waals surface area contributed by atoms with Crippen molar-refractivity contribution in [3.63, 3.8) is 0 Å². The zero-order valence-electron chi connectivity index (χ0n) is 14.1. The molecule has 1 aromatic heterocycles. The number of nitrogens with zero attached hydrogens (tertiary/aromatic N) is 3. The quantitative estimate of drug-likeness (QED) is 0.842. The first kappa shape index (κ1) is 15.8. The SMILES string of the molecule is Cc1nc(C(=O)N2CCC(N3CCc4ccccc4C3)CC2)cs1. The fourth-order valence-electron chi connectivity index (χ4n) is 3.89. The topological polar surface area (TPSA) is 36.4 Å². The van der Waals surface area contributed by atoms with Crippen LogP contribution >= 0.6 is 11.3 Å². The lowest BCUT2D eigenvalue weighted by Crippen LogP contribution is -2.48. The van der Waals surface area contributed by atoms with Gasteiger partial charge in [0.05, 0.1) is 5.01 Å². The molecule has 4 rings (SSSR count). The molecule has 3 heterocycles. The summed E-state index contributed by atoms with van der Waals surface area (Å²) in [7, 11) is 0. The lowest BCUT2D eigenvalue weighted by atomic mass is 9.95. The number of aromatic nitrogens is 1. The second-order valence-electron chi connectivity index (χ2n) is 6.76. The highest BCUT2D eigenvalue weighted by Crippen LogP contribution is 2.25. The van der Waals surface area contributed by atoms with Gasteiger partial charge in [-0.25, -0.2) is 4.98 Å². The minimum Gasteiger partial charge on any atom is -0.337 e. The number of carbonyl (C=O) groups is 1. The maximum Gasteiger partial charge on any atom is 0.273 e. The number of amides is 1. The Morgan fingerprint density at radius 1 is 1.17 bits per heavy atom. The Bertz CT molecular complexity index is 734.